The van der Waals surface area contributed by atoms with Gasteiger partial charge in [0.15, 0.2) is 0 Å². The predicted octanol–water partition coefficient (Wildman–Crippen LogP) is 4.51. The Hall–Kier alpha value is -3.46. The van der Waals surface area contributed by atoms with E-state index in [1.165, 1.54) is 4.90 Å². The number of hydrogen-bond acceptors (Lipinski definition) is 7. The van der Waals surface area contributed by atoms with Gasteiger partial charge in [-0.3, -0.25) is 9.59 Å². The number of aliphatic hydroxyl groups excluding tert-OH is 1. The van der Waals surface area contributed by atoms with Gasteiger partial charge in [0.2, 0.25) is 11.8 Å². The number of nitrogens with one attached hydrogen (secondary N) is 1. The van der Waals surface area contributed by atoms with Crippen molar-refractivity contribution in [3.05, 3.63) is 59.3 Å². The van der Waals surface area contributed by atoms with Gasteiger partial charge in [0, 0.05) is 30.0 Å². The quantitative estimate of drug-likeness (QED) is 0.468. The highest BCUT2D eigenvalue weighted by atomic mass is 16.5. The van der Waals surface area contributed by atoms with E-state index in [-0.39, 0.29) is 42.2 Å². The third-order valence-electron chi connectivity index (χ3n) is 7.23. The van der Waals surface area contributed by atoms with Crippen LogP contribution in [0.4, 0.5) is 0 Å². The number of rotatable bonds is 7. The summed E-state index contributed by atoms with van der Waals surface area (Å²) in [6, 6.07) is 8.59. The molecule has 0 aliphatic carbocycles. The van der Waals surface area contributed by atoms with Crippen molar-refractivity contribution in [1.29, 1.82) is 0 Å². The SMILES string of the molecule is Cc1nocc1-c1ccc(C(C)NC(=O)C2CC(O)CN2C(=O)C(c2cc(C(C)(C)C)no2)C(C)C)cc1. The highest BCUT2D eigenvalue weighted by Gasteiger charge is 2.43. The molecule has 0 saturated carbocycles. The maximum absolute atomic E-state index is 13.8. The number of aryl methyl sites for hydroxylation is 1. The molecule has 0 radical (unpaired) electrons. The maximum Gasteiger partial charge on any atom is 0.243 e. The second-order valence-electron chi connectivity index (χ2n) is 11.6. The molecule has 2 aromatic heterocycles. The van der Waals surface area contributed by atoms with Crippen molar-refractivity contribution in [2.45, 2.75) is 84.4 Å². The molecule has 1 aromatic carbocycles. The predicted molar refractivity (Wildman–Crippen MR) is 142 cm³/mol. The molecule has 9 heteroatoms. The number of aromatic nitrogens is 2. The molecular weight excluding hydrogens is 484 g/mol. The van der Waals surface area contributed by atoms with Gasteiger partial charge in [0.25, 0.3) is 0 Å². The molecule has 3 heterocycles. The first-order valence-corrected chi connectivity index (χ1v) is 13.1. The zero-order chi connectivity index (χ0) is 27.8. The normalized spacial score (nSPS) is 19.6. The van der Waals surface area contributed by atoms with E-state index in [9.17, 15) is 14.7 Å². The molecule has 204 valence electrons. The largest absolute Gasteiger partial charge is 0.391 e. The Balaban J connectivity index is 1.49. The Morgan fingerprint density at radius 1 is 1.13 bits per heavy atom. The molecule has 1 fully saturated rings. The van der Waals surface area contributed by atoms with Gasteiger partial charge < -0.3 is 24.4 Å². The lowest BCUT2D eigenvalue weighted by Gasteiger charge is -2.29. The number of nitrogens with zero attached hydrogens (tertiary/aromatic N) is 3. The number of likely N-dealkylation sites (tertiary alicyclic amines) is 1. The third kappa shape index (κ3) is 5.67. The van der Waals surface area contributed by atoms with Gasteiger partial charge in [0.1, 0.15) is 24.0 Å². The Bertz CT molecular complexity index is 1270. The molecule has 0 spiro atoms. The van der Waals surface area contributed by atoms with Crippen LogP contribution in [-0.4, -0.2) is 50.8 Å². The molecule has 3 aromatic rings. The van der Waals surface area contributed by atoms with Crippen LogP contribution in [0.5, 0.6) is 0 Å². The fourth-order valence-corrected chi connectivity index (χ4v) is 4.92. The van der Waals surface area contributed by atoms with Crippen molar-refractivity contribution in [3.63, 3.8) is 0 Å². The first-order chi connectivity index (χ1) is 17.9. The summed E-state index contributed by atoms with van der Waals surface area (Å²) in [4.78, 5) is 28.6. The molecule has 4 rings (SSSR count). The van der Waals surface area contributed by atoms with Crippen LogP contribution >= 0.6 is 0 Å². The standard InChI is InChI=1S/C29H38N4O5/c1-16(2)26(24-13-25(32-38-24)29(5,6)7)28(36)33-14-21(34)12-23(33)27(35)30-17(3)19-8-10-20(11-9-19)22-15-37-31-18(22)4/h8-11,13,15-17,21,23,26,34H,12,14H2,1-7H3,(H,30,35). The molecule has 2 N–H and O–H groups in total. The first-order valence-electron chi connectivity index (χ1n) is 13.1. The van der Waals surface area contributed by atoms with Crippen LogP contribution in [0.15, 0.2) is 45.6 Å². The molecule has 4 unspecified atom stereocenters. The minimum Gasteiger partial charge on any atom is -0.391 e. The lowest BCUT2D eigenvalue weighted by Crippen LogP contribution is -2.48. The van der Waals surface area contributed by atoms with Crippen molar-refractivity contribution >= 4 is 11.8 Å². The molecule has 0 bridgehead atoms. The van der Waals surface area contributed by atoms with Crippen LogP contribution in [0.1, 0.15) is 82.6 Å². The second-order valence-corrected chi connectivity index (χ2v) is 11.6. The minimum absolute atomic E-state index is 0.0868. The van der Waals surface area contributed by atoms with E-state index < -0.39 is 18.1 Å². The first kappa shape index (κ1) is 27.6. The van der Waals surface area contributed by atoms with E-state index in [0.29, 0.717) is 5.76 Å². The average molecular weight is 523 g/mol. The molecule has 9 nitrogen and oxygen atoms in total. The van der Waals surface area contributed by atoms with Gasteiger partial charge in [-0.2, -0.15) is 0 Å². The maximum atomic E-state index is 13.8. The zero-order valence-corrected chi connectivity index (χ0v) is 23.2. The minimum atomic E-state index is -0.774. The average Bonchev–Trinajstić information content (AvgIpc) is 3.58. The molecule has 1 saturated heterocycles. The smallest absolute Gasteiger partial charge is 0.243 e. The van der Waals surface area contributed by atoms with Crippen LogP contribution < -0.4 is 5.32 Å². The highest BCUT2D eigenvalue weighted by molar-refractivity contribution is 5.91. The number of benzene rings is 1. The number of carbonyl (C=O) groups excluding carboxylic acids is 2. The van der Waals surface area contributed by atoms with Gasteiger partial charge in [-0.15, -0.1) is 0 Å². The van der Waals surface area contributed by atoms with Crippen LogP contribution in [0, 0.1) is 12.8 Å². The van der Waals surface area contributed by atoms with E-state index >= 15 is 0 Å². The van der Waals surface area contributed by atoms with Crippen molar-refractivity contribution in [2.24, 2.45) is 5.92 Å². The topological polar surface area (TPSA) is 122 Å². The Labute approximate surface area is 223 Å². The van der Waals surface area contributed by atoms with Gasteiger partial charge >= 0.3 is 0 Å². The van der Waals surface area contributed by atoms with Crippen LogP contribution in [0.2, 0.25) is 0 Å². The number of hydrogen-bond donors (Lipinski definition) is 2. The number of amides is 2. The molecule has 1 aliphatic heterocycles. The zero-order valence-electron chi connectivity index (χ0n) is 23.2. The lowest BCUT2D eigenvalue weighted by atomic mass is 9.88. The summed E-state index contributed by atoms with van der Waals surface area (Å²) in [5, 5.41) is 21.6. The Morgan fingerprint density at radius 2 is 1.82 bits per heavy atom. The summed E-state index contributed by atoms with van der Waals surface area (Å²) >= 11 is 0. The number of β-amino-alcohol motifs (C(OH)–C–C–N with tert-alkyl or cyclic N) is 1. The lowest BCUT2D eigenvalue weighted by molar-refractivity contribution is -0.141. The van der Waals surface area contributed by atoms with Gasteiger partial charge in [-0.25, -0.2) is 0 Å². The molecule has 38 heavy (non-hydrogen) atoms. The summed E-state index contributed by atoms with van der Waals surface area (Å²) in [7, 11) is 0. The van der Waals surface area contributed by atoms with Crippen molar-refractivity contribution in [3.8, 4) is 11.1 Å². The summed E-state index contributed by atoms with van der Waals surface area (Å²) in [5.74, 6) is -0.750. The van der Waals surface area contributed by atoms with Crippen LogP contribution in [0.25, 0.3) is 11.1 Å². The summed E-state index contributed by atoms with van der Waals surface area (Å²) in [6.07, 6.45) is 1.02. The van der Waals surface area contributed by atoms with E-state index in [0.717, 1.165) is 28.1 Å². The molecular formula is C29H38N4O5. The monoisotopic (exact) mass is 522 g/mol. The van der Waals surface area contributed by atoms with Gasteiger partial charge in [-0.1, -0.05) is 69.2 Å². The van der Waals surface area contributed by atoms with Crippen molar-refractivity contribution in [1.82, 2.24) is 20.5 Å². The Morgan fingerprint density at radius 3 is 2.37 bits per heavy atom. The summed E-state index contributed by atoms with van der Waals surface area (Å²) in [5.41, 5.74) is 4.17. The van der Waals surface area contributed by atoms with Gasteiger partial charge in [-0.05, 0) is 30.9 Å². The molecule has 1 aliphatic rings. The highest BCUT2D eigenvalue weighted by Crippen LogP contribution is 2.33. The van der Waals surface area contributed by atoms with E-state index in [1.807, 2.05) is 78.8 Å². The van der Waals surface area contributed by atoms with E-state index in [2.05, 4.69) is 15.6 Å². The Kier molecular flexibility index (Phi) is 7.78. The number of carbonyl (C=O) groups is 2. The van der Waals surface area contributed by atoms with Crippen LogP contribution in [0.3, 0.4) is 0 Å². The molecule has 4 atom stereocenters. The second kappa shape index (κ2) is 10.7. The van der Waals surface area contributed by atoms with E-state index in [1.54, 1.807) is 6.26 Å². The van der Waals surface area contributed by atoms with Gasteiger partial charge in [0.05, 0.1) is 23.5 Å². The van der Waals surface area contributed by atoms with Crippen molar-refractivity contribution in [2.75, 3.05) is 6.54 Å². The van der Waals surface area contributed by atoms with E-state index in [4.69, 9.17) is 9.05 Å². The summed E-state index contributed by atoms with van der Waals surface area (Å²) in [6.45, 7) is 13.9. The third-order valence-corrected chi connectivity index (χ3v) is 7.23. The van der Waals surface area contributed by atoms with Crippen LogP contribution in [-0.2, 0) is 15.0 Å². The fourth-order valence-electron chi connectivity index (χ4n) is 4.92. The number of aliphatic hydroxyl groups is 1. The fraction of sp³-hybridized carbons (Fsp3) is 0.517. The molecule has 2 amide bonds. The summed E-state index contributed by atoms with van der Waals surface area (Å²) < 4.78 is 10.6. The van der Waals surface area contributed by atoms with Crippen molar-refractivity contribution < 1.29 is 23.7 Å².